The molecule has 0 amide bonds. The van der Waals surface area contributed by atoms with Gasteiger partial charge < -0.3 is 5.11 Å². The third-order valence-electron chi connectivity index (χ3n) is 3.91. The van der Waals surface area contributed by atoms with Crippen molar-refractivity contribution in [2.45, 2.75) is 26.7 Å². The van der Waals surface area contributed by atoms with E-state index in [1.165, 1.54) is 0 Å². The van der Waals surface area contributed by atoms with E-state index in [2.05, 4.69) is 0 Å². The van der Waals surface area contributed by atoms with Crippen LogP contribution in [0.25, 0.3) is 0 Å². The summed E-state index contributed by atoms with van der Waals surface area (Å²) in [6.45, 7) is 3.92. The molecular weight excluding hydrogens is 271 g/mol. The number of halogens is 2. The van der Waals surface area contributed by atoms with Crippen LogP contribution >= 0.6 is 23.2 Å². The lowest BCUT2D eigenvalue weighted by molar-refractivity contribution is -0.139. The van der Waals surface area contributed by atoms with Crippen molar-refractivity contribution in [2.75, 3.05) is 0 Å². The molecule has 0 heterocycles. The maximum atomic E-state index is 11.1. The highest BCUT2D eigenvalue weighted by molar-refractivity contribution is 6.32. The molecule has 2 aliphatic carbocycles. The largest absolute Gasteiger partial charge is 0.481 e. The monoisotopic (exact) mass is 286 g/mol. The number of rotatable bonds is 3. The van der Waals surface area contributed by atoms with Gasteiger partial charge in [-0.15, -0.1) is 0 Å². The van der Waals surface area contributed by atoms with E-state index in [0.717, 1.165) is 23.4 Å². The number of carboxylic acids is 1. The fourth-order valence-electron chi connectivity index (χ4n) is 2.54. The van der Waals surface area contributed by atoms with Gasteiger partial charge in [0.15, 0.2) is 0 Å². The molecule has 1 saturated carbocycles. The highest BCUT2D eigenvalue weighted by Crippen LogP contribution is 2.59. The second-order valence-corrected chi connectivity index (χ2v) is 6.38. The van der Waals surface area contributed by atoms with E-state index in [0.29, 0.717) is 5.03 Å². The molecule has 0 aliphatic heterocycles. The molecule has 2 unspecified atom stereocenters. The summed E-state index contributed by atoms with van der Waals surface area (Å²) in [6, 6.07) is 0. The van der Waals surface area contributed by atoms with Crippen LogP contribution in [-0.4, -0.2) is 11.1 Å². The Morgan fingerprint density at radius 1 is 1.44 bits per heavy atom. The molecule has 0 saturated heterocycles. The molecule has 2 nitrogen and oxygen atoms in total. The second kappa shape index (κ2) is 4.75. The topological polar surface area (TPSA) is 37.3 Å². The second-order valence-electron chi connectivity index (χ2n) is 5.48. The van der Waals surface area contributed by atoms with Gasteiger partial charge in [0.05, 0.1) is 5.92 Å². The van der Waals surface area contributed by atoms with E-state index in [-0.39, 0.29) is 17.3 Å². The Morgan fingerprint density at radius 2 is 2.11 bits per heavy atom. The summed E-state index contributed by atoms with van der Waals surface area (Å²) in [4.78, 5) is 11.1. The van der Waals surface area contributed by atoms with Crippen molar-refractivity contribution < 1.29 is 9.90 Å². The minimum atomic E-state index is -0.744. The van der Waals surface area contributed by atoms with Crippen LogP contribution in [0, 0.1) is 17.3 Å². The first-order valence-electron chi connectivity index (χ1n) is 5.99. The Bertz CT molecular complexity index is 472. The summed E-state index contributed by atoms with van der Waals surface area (Å²) in [7, 11) is 0. The van der Waals surface area contributed by atoms with Gasteiger partial charge in [-0.3, -0.25) is 4.79 Å². The standard InChI is InChI=1S/C14H16Cl2O2/c1-14(2)10(12(14)13(17)18)7-11(16)8-3-5-9(15)6-4-8/h3,5,7,10,12H,4,6H2,1-2H3,(H,17,18)/b11-7-. The Kier molecular flexibility index (Phi) is 3.61. The zero-order valence-corrected chi connectivity index (χ0v) is 11.9. The minimum Gasteiger partial charge on any atom is -0.481 e. The van der Waals surface area contributed by atoms with Crippen molar-refractivity contribution in [2.24, 2.45) is 17.3 Å². The predicted molar refractivity (Wildman–Crippen MR) is 73.6 cm³/mol. The van der Waals surface area contributed by atoms with E-state index >= 15 is 0 Å². The van der Waals surface area contributed by atoms with Crippen LogP contribution in [0.5, 0.6) is 0 Å². The van der Waals surface area contributed by atoms with E-state index in [9.17, 15) is 4.79 Å². The molecule has 0 spiro atoms. The van der Waals surface area contributed by atoms with Gasteiger partial charge in [0, 0.05) is 10.1 Å². The van der Waals surface area contributed by atoms with Gasteiger partial charge in [-0.05, 0) is 35.8 Å². The number of aliphatic carboxylic acids is 1. The first-order chi connectivity index (χ1) is 8.34. The van der Waals surface area contributed by atoms with Gasteiger partial charge in [-0.1, -0.05) is 49.2 Å². The molecule has 0 aromatic rings. The molecule has 98 valence electrons. The third kappa shape index (κ3) is 2.50. The van der Waals surface area contributed by atoms with Gasteiger partial charge in [0.2, 0.25) is 0 Å². The lowest BCUT2D eigenvalue weighted by Gasteiger charge is -2.10. The molecule has 0 aromatic carbocycles. The molecule has 18 heavy (non-hydrogen) atoms. The molecule has 4 heteroatoms. The first kappa shape index (κ1) is 13.7. The highest BCUT2D eigenvalue weighted by Gasteiger charge is 2.61. The van der Waals surface area contributed by atoms with Gasteiger partial charge in [-0.2, -0.15) is 0 Å². The van der Waals surface area contributed by atoms with Crippen molar-refractivity contribution in [1.29, 1.82) is 0 Å². The minimum absolute atomic E-state index is 0.0183. The quantitative estimate of drug-likeness (QED) is 0.839. The van der Waals surface area contributed by atoms with Gasteiger partial charge in [-0.25, -0.2) is 0 Å². The zero-order valence-electron chi connectivity index (χ0n) is 10.4. The molecule has 1 N–H and O–H groups in total. The SMILES string of the molecule is CC1(C)C(/C=C(\Cl)C2=CC=C(Cl)CC2)C1C(=O)O. The van der Waals surface area contributed by atoms with E-state index in [4.69, 9.17) is 28.3 Å². The van der Waals surface area contributed by atoms with Gasteiger partial charge in [0.25, 0.3) is 0 Å². The van der Waals surface area contributed by atoms with Crippen molar-refractivity contribution >= 4 is 29.2 Å². The number of allylic oxidation sites excluding steroid dienone is 6. The maximum absolute atomic E-state index is 11.1. The lowest BCUT2D eigenvalue weighted by atomic mass is 10.0. The first-order valence-corrected chi connectivity index (χ1v) is 6.75. The molecule has 0 bridgehead atoms. The summed E-state index contributed by atoms with van der Waals surface area (Å²) < 4.78 is 0. The predicted octanol–water partition coefficient (Wildman–Crippen LogP) is 4.31. The van der Waals surface area contributed by atoms with Gasteiger partial charge in [0.1, 0.15) is 0 Å². The highest BCUT2D eigenvalue weighted by atomic mass is 35.5. The summed E-state index contributed by atoms with van der Waals surface area (Å²) in [5, 5.41) is 10.6. The Hall–Kier alpha value is -0.730. The average Bonchev–Trinajstić information content (AvgIpc) is 2.81. The zero-order chi connectivity index (χ0) is 13.5. The smallest absolute Gasteiger partial charge is 0.307 e. The van der Waals surface area contributed by atoms with Crippen LogP contribution in [0.4, 0.5) is 0 Å². The number of hydrogen-bond acceptors (Lipinski definition) is 1. The van der Waals surface area contributed by atoms with Crippen molar-refractivity contribution in [1.82, 2.24) is 0 Å². The Balaban J connectivity index is 2.14. The van der Waals surface area contributed by atoms with E-state index < -0.39 is 5.97 Å². The molecular formula is C14H16Cl2O2. The molecule has 2 rings (SSSR count). The van der Waals surface area contributed by atoms with E-state index in [1.807, 2.05) is 32.1 Å². The molecule has 0 aromatic heterocycles. The third-order valence-corrected chi connectivity index (χ3v) is 4.59. The fourth-order valence-corrected chi connectivity index (χ4v) is 2.99. The van der Waals surface area contributed by atoms with Crippen LogP contribution in [-0.2, 0) is 4.79 Å². The summed E-state index contributed by atoms with van der Waals surface area (Å²) in [6.07, 6.45) is 7.27. The van der Waals surface area contributed by atoms with E-state index in [1.54, 1.807) is 0 Å². The summed E-state index contributed by atoms with van der Waals surface area (Å²) in [5.74, 6) is -1.05. The number of carbonyl (C=O) groups is 1. The lowest BCUT2D eigenvalue weighted by Crippen LogP contribution is -2.03. The van der Waals surface area contributed by atoms with Crippen LogP contribution in [0.1, 0.15) is 26.7 Å². The van der Waals surface area contributed by atoms with Crippen molar-refractivity contribution in [3.63, 3.8) is 0 Å². The van der Waals surface area contributed by atoms with Crippen LogP contribution in [0.15, 0.2) is 33.9 Å². The van der Waals surface area contributed by atoms with Crippen molar-refractivity contribution in [3.8, 4) is 0 Å². The summed E-state index contributed by atoms with van der Waals surface area (Å²) in [5.41, 5.74) is 0.835. The van der Waals surface area contributed by atoms with Crippen LogP contribution in [0.2, 0.25) is 0 Å². The molecule has 2 aliphatic rings. The number of hydrogen-bond donors (Lipinski definition) is 1. The van der Waals surface area contributed by atoms with Crippen molar-refractivity contribution in [3.05, 3.63) is 33.9 Å². The molecule has 2 atom stereocenters. The fraction of sp³-hybridized carbons (Fsp3) is 0.500. The maximum Gasteiger partial charge on any atom is 0.307 e. The normalized spacial score (nSPS) is 30.6. The molecule has 0 radical (unpaired) electrons. The number of carboxylic acid groups (broad SMARTS) is 1. The molecule has 1 fully saturated rings. The van der Waals surface area contributed by atoms with Crippen LogP contribution in [0.3, 0.4) is 0 Å². The summed E-state index contributed by atoms with van der Waals surface area (Å²) >= 11 is 12.2. The van der Waals surface area contributed by atoms with Gasteiger partial charge >= 0.3 is 5.97 Å². The Labute approximate surface area is 117 Å². The average molecular weight is 287 g/mol. The van der Waals surface area contributed by atoms with Crippen LogP contribution < -0.4 is 0 Å². The Morgan fingerprint density at radius 3 is 2.56 bits per heavy atom.